The Labute approximate surface area is 174 Å². The second-order valence-electron chi connectivity index (χ2n) is 7.90. The lowest BCUT2D eigenvalue weighted by Gasteiger charge is -2.26. The van der Waals surface area contributed by atoms with E-state index >= 15 is 0 Å². The molecule has 9 nitrogen and oxygen atoms in total. The quantitative estimate of drug-likeness (QED) is 0.354. The maximum atomic E-state index is 12.3. The molecule has 3 rings (SSSR count). The van der Waals surface area contributed by atoms with E-state index in [4.69, 9.17) is 9.94 Å². The lowest BCUT2D eigenvalue weighted by molar-refractivity contribution is -0.132. The maximum absolute atomic E-state index is 12.3. The predicted octanol–water partition coefficient (Wildman–Crippen LogP) is 0.833. The number of hydrogen-bond acceptors (Lipinski definition) is 7. The molecule has 3 N–H and O–H groups in total. The van der Waals surface area contributed by atoms with Gasteiger partial charge in [-0.2, -0.15) is 0 Å². The van der Waals surface area contributed by atoms with Gasteiger partial charge in [-0.15, -0.1) is 0 Å². The number of nitrogens with one attached hydrogen (secondary N) is 1. The molecule has 1 heterocycles. The zero-order valence-corrected chi connectivity index (χ0v) is 17.5. The van der Waals surface area contributed by atoms with Crippen molar-refractivity contribution in [3.05, 3.63) is 29.8 Å². The normalized spacial score (nSPS) is 25.4. The molecule has 1 aromatic carbocycles. The Morgan fingerprint density at radius 2 is 1.97 bits per heavy atom. The summed E-state index contributed by atoms with van der Waals surface area (Å²) in [7, 11) is -3.90. The Hall–Kier alpha value is -2.61. The molecule has 0 bridgehead atoms. The summed E-state index contributed by atoms with van der Waals surface area (Å²) in [5.41, 5.74) is 2.71. The van der Waals surface area contributed by atoms with E-state index in [1.807, 2.05) is 0 Å². The Morgan fingerprint density at radius 3 is 2.50 bits per heavy atom. The minimum Gasteiger partial charge on any atom is -0.444 e. The highest BCUT2D eigenvalue weighted by Gasteiger charge is 2.48. The van der Waals surface area contributed by atoms with Gasteiger partial charge in [-0.25, -0.2) is 18.7 Å². The second-order valence-corrected chi connectivity index (χ2v) is 10.3. The van der Waals surface area contributed by atoms with Crippen molar-refractivity contribution >= 4 is 27.5 Å². The van der Waals surface area contributed by atoms with Crippen LogP contribution in [0.5, 0.6) is 0 Å². The number of carbonyl (C=O) groups is 2. The molecule has 0 radical (unpaired) electrons. The number of cyclic esters (lactones) is 1. The van der Waals surface area contributed by atoms with Crippen LogP contribution in [0.1, 0.15) is 31.7 Å². The predicted molar refractivity (Wildman–Crippen MR) is 107 cm³/mol. The van der Waals surface area contributed by atoms with E-state index in [1.165, 1.54) is 17.3 Å². The highest BCUT2D eigenvalue weighted by molar-refractivity contribution is 7.92. The SMILES string of the molecule is C[C@@](C[C@H]1CN(c2ccc(C#C[C@H]3C[C@@H](O)C3)cc2)C(=O)O1)(C(=O)NO)S(C)(=O)=O. The number of carbonyl (C=O) groups excluding carboxylic acids is 2. The molecular formula is C20H24N2O7S. The Balaban J connectivity index is 1.69. The van der Waals surface area contributed by atoms with E-state index in [2.05, 4.69) is 11.8 Å². The smallest absolute Gasteiger partial charge is 0.414 e. The van der Waals surface area contributed by atoms with E-state index in [1.54, 1.807) is 24.3 Å². The zero-order valence-electron chi connectivity index (χ0n) is 16.7. The van der Waals surface area contributed by atoms with Crippen molar-refractivity contribution in [1.82, 2.24) is 5.48 Å². The number of benzene rings is 1. The molecule has 2 atom stereocenters. The van der Waals surface area contributed by atoms with Crippen molar-refractivity contribution in [2.24, 2.45) is 5.92 Å². The fraction of sp³-hybridized carbons (Fsp3) is 0.500. The highest BCUT2D eigenvalue weighted by atomic mass is 32.2. The minimum atomic E-state index is -3.90. The van der Waals surface area contributed by atoms with Gasteiger partial charge in [0.25, 0.3) is 5.91 Å². The standard InChI is InChI=1S/C20H24N2O7S/c1-20(18(24)21-26,30(2,27)28)11-17-12-22(19(25)29-17)15-7-5-13(6-8-15)3-4-14-9-16(23)10-14/h5-8,14,16-17,23,26H,9-12H2,1-2H3,(H,21,24)/t14-,16+,17-,20+/m0/s1. The number of ether oxygens (including phenoxy) is 1. The maximum Gasteiger partial charge on any atom is 0.414 e. The molecule has 1 aliphatic heterocycles. The Bertz CT molecular complexity index is 990. The van der Waals surface area contributed by atoms with E-state index < -0.39 is 32.7 Å². The van der Waals surface area contributed by atoms with Gasteiger partial charge in [-0.3, -0.25) is 14.9 Å². The van der Waals surface area contributed by atoms with Crippen LogP contribution in [0.25, 0.3) is 0 Å². The molecule has 0 spiro atoms. The van der Waals surface area contributed by atoms with Crippen LogP contribution in [0.3, 0.4) is 0 Å². The first-order chi connectivity index (χ1) is 14.0. The van der Waals surface area contributed by atoms with E-state index in [0.29, 0.717) is 18.5 Å². The third-order valence-electron chi connectivity index (χ3n) is 5.60. The number of aliphatic hydroxyl groups excluding tert-OH is 1. The van der Waals surface area contributed by atoms with Crippen LogP contribution >= 0.6 is 0 Å². The van der Waals surface area contributed by atoms with Crippen molar-refractivity contribution in [2.75, 3.05) is 17.7 Å². The third kappa shape index (κ3) is 4.43. The van der Waals surface area contributed by atoms with Crippen molar-refractivity contribution in [3.63, 3.8) is 0 Å². The number of aliphatic hydroxyl groups is 1. The van der Waals surface area contributed by atoms with Crippen LogP contribution in [0.4, 0.5) is 10.5 Å². The fourth-order valence-corrected chi connectivity index (χ4v) is 4.29. The summed E-state index contributed by atoms with van der Waals surface area (Å²) < 4.78 is 27.5. The van der Waals surface area contributed by atoms with Crippen LogP contribution in [-0.2, 0) is 19.4 Å². The van der Waals surface area contributed by atoms with Crippen LogP contribution in [0.15, 0.2) is 24.3 Å². The number of anilines is 1. The van der Waals surface area contributed by atoms with Gasteiger partial charge in [0, 0.05) is 29.8 Å². The number of nitrogens with zero attached hydrogens (tertiary/aromatic N) is 1. The van der Waals surface area contributed by atoms with Crippen LogP contribution in [-0.4, -0.2) is 60.5 Å². The summed E-state index contributed by atoms with van der Waals surface area (Å²) in [6, 6.07) is 6.94. The summed E-state index contributed by atoms with van der Waals surface area (Å²) in [5.74, 6) is 5.26. The van der Waals surface area contributed by atoms with E-state index in [0.717, 1.165) is 11.8 Å². The van der Waals surface area contributed by atoms with E-state index in [9.17, 15) is 23.1 Å². The molecule has 0 aromatic heterocycles. The minimum absolute atomic E-state index is 0.0631. The van der Waals surface area contributed by atoms with Gasteiger partial charge in [0.2, 0.25) is 0 Å². The first-order valence-corrected chi connectivity index (χ1v) is 11.3. The molecule has 162 valence electrons. The summed E-state index contributed by atoms with van der Waals surface area (Å²) >= 11 is 0. The molecule has 1 saturated heterocycles. The van der Waals surface area contributed by atoms with Crippen LogP contribution < -0.4 is 10.4 Å². The molecule has 10 heteroatoms. The summed E-state index contributed by atoms with van der Waals surface area (Å²) in [6.07, 6.45) is 0.216. The highest BCUT2D eigenvalue weighted by Crippen LogP contribution is 2.30. The van der Waals surface area contributed by atoms with Crippen molar-refractivity contribution in [3.8, 4) is 11.8 Å². The third-order valence-corrected chi connectivity index (χ3v) is 7.59. The first-order valence-electron chi connectivity index (χ1n) is 9.45. The molecule has 1 aromatic rings. The van der Waals surface area contributed by atoms with Gasteiger partial charge in [0.05, 0.1) is 12.6 Å². The average Bonchev–Trinajstić information content (AvgIpc) is 3.03. The number of sulfone groups is 1. The summed E-state index contributed by atoms with van der Waals surface area (Å²) in [6.45, 7) is 1.24. The average molecular weight is 436 g/mol. The molecule has 0 unspecified atom stereocenters. The number of hydroxylamine groups is 1. The first kappa shape index (κ1) is 22.1. The molecule has 2 aliphatic rings. The lowest BCUT2D eigenvalue weighted by atomic mass is 9.83. The molecular weight excluding hydrogens is 412 g/mol. The molecule has 30 heavy (non-hydrogen) atoms. The van der Waals surface area contributed by atoms with Gasteiger partial charge in [0.15, 0.2) is 14.6 Å². The zero-order chi connectivity index (χ0) is 22.1. The van der Waals surface area contributed by atoms with E-state index in [-0.39, 0.29) is 25.0 Å². The molecule has 1 aliphatic carbocycles. The Kier molecular flexibility index (Phi) is 6.08. The summed E-state index contributed by atoms with van der Waals surface area (Å²) in [4.78, 5) is 25.6. The van der Waals surface area contributed by atoms with Crippen LogP contribution in [0, 0.1) is 17.8 Å². The van der Waals surface area contributed by atoms with Crippen LogP contribution in [0.2, 0.25) is 0 Å². The van der Waals surface area contributed by atoms with Gasteiger partial charge in [-0.05, 0) is 44.0 Å². The van der Waals surface area contributed by atoms with Gasteiger partial charge < -0.3 is 9.84 Å². The monoisotopic (exact) mass is 436 g/mol. The Morgan fingerprint density at radius 1 is 1.33 bits per heavy atom. The fourth-order valence-electron chi connectivity index (χ4n) is 3.42. The number of amides is 2. The lowest BCUT2D eigenvalue weighted by Crippen LogP contribution is -2.51. The molecule has 2 fully saturated rings. The molecule has 2 amide bonds. The number of rotatable bonds is 5. The van der Waals surface area contributed by atoms with Crippen molar-refractivity contribution in [2.45, 2.75) is 43.1 Å². The second kappa shape index (κ2) is 8.26. The van der Waals surface area contributed by atoms with Gasteiger partial charge in [0.1, 0.15) is 6.10 Å². The van der Waals surface area contributed by atoms with Gasteiger partial charge >= 0.3 is 6.09 Å². The van der Waals surface area contributed by atoms with Gasteiger partial charge in [-0.1, -0.05) is 11.8 Å². The van der Waals surface area contributed by atoms with Crippen molar-refractivity contribution < 1.29 is 33.1 Å². The van der Waals surface area contributed by atoms with Crippen molar-refractivity contribution in [1.29, 1.82) is 0 Å². The topological polar surface area (TPSA) is 133 Å². The summed E-state index contributed by atoms with van der Waals surface area (Å²) in [5, 5.41) is 18.2. The number of hydrogen-bond donors (Lipinski definition) is 3. The molecule has 1 saturated carbocycles. The largest absolute Gasteiger partial charge is 0.444 e.